The van der Waals surface area contributed by atoms with E-state index in [1.807, 2.05) is 0 Å². The molecule has 0 radical (unpaired) electrons. The van der Waals surface area contributed by atoms with Crippen molar-refractivity contribution in [3.8, 4) is 0 Å². The van der Waals surface area contributed by atoms with E-state index in [4.69, 9.17) is 0 Å². The largest absolute Gasteiger partial charge is 0.314 e. The van der Waals surface area contributed by atoms with E-state index in [1.54, 1.807) is 0 Å². The van der Waals surface area contributed by atoms with Crippen LogP contribution in [-0.4, -0.2) is 12.6 Å². The Morgan fingerprint density at radius 3 is 2.29 bits per heavy atom. The molecule has 2 unspecified atom stereocenters. The van der Waals surface area contributed by atoms with E-state index in [2.05, 4.69) is 39.9 Å². The van der Waals surface area contributed by atoms with Crippen LogP contribution < -0.4 is 5.32 Å². The van der Waals surface area contributed by atoms with Crippen LogP contribution in [-0.2, 0) is 0 Å². The monoisotopic (exact) mass is 239 g/mol. The van der Waals surface area contributed by atoms with E-state index in [0.29, 0.717) is 5.41 Å². The van der Waals surface area contributed by atoms with Gasteiger partial charge in [0.25, 0.3) is 0 Å². The zero-order chi connectivity index (χ0) is 12.9. The van der Waals surface area contributed by atoms with Crippen molar-refractivity contribution in [1.29, 1.82) is 0 Å². The first-order valence-corrected chi connectivity index (χ1v) is 7.66. The van der Waals surface area contributed by atoms with Gasteiger partial charge in [-0.25, -0.2) is 0 Å². The molecule has 0 bridgehead atoms. The molecule has 1 aliphatic carbocycles. The Kier molecular flexibility index (Phi) is 5.99. The summed E-state index contributed by atoms with van der Waals surface area (Å²) in [6.45, 7) is 13.0. The molecule has 2 atom stereocenters. The Hall–Kier alpha value is -0.0400. The van der Waals surface area contributed by atoms with Crippen LogP contribution in [0.4, 0.5) is 0 Å². The van der Waals surface area contributed by atoms with E-state index in [9.17, 15) is 0 Å². The molecule has 0 spiro atoms. The smallest absolute Gasteiger partial charge is 0.00724 e. The molecule has 1 aliphatic rings. The zero-order valence-corrected chi connectivity index (χ0v) is 12.7. The standard InChI is InChI=1S/C16H33N/c1-6-10-17-15(12-14-8-7-9-14)11-13(2)16(3,4)5/h13-15,17H,6-12H2,1-5H3. The highest BCUT2D eigenvalue weighted by Gasteiger charge is 2.26. The van der Waals surface area contributed by atoms with Crippen molar-refractivity contribution < 1.29 is 0 Å². The lowest BCUT2D eigenvalue weighted by Crippen LogP contribution is -2.36. The van der Waals surface area contributed by atoms with E-state index < -0.39 is 0 Å². The van der Waals surface area contributed by atoms with Gasteiger partial charge in [-0.2, -0.15) is 0 Å². The summed E-state index contributed by atoms with van der Waals surface area (Å²) in [6.07, 6.45) is 8.45. The van der Waals surface area contributed by atoms with Crippen LogP contribution in [0.3, 0.4) is 0 Å². The highest BCUT2D eigenvalue weighted by atomic mass is 14.9. The van der Waals surface area contributed by atoms with Gasteiger partial charge in [-0.1, -0.05) is 53.9 Å². The van der Waals surface area contributed by atoms with Gasteiger partial charge >= 0.3 is 0 Å². The van der Waals surface area contributed by atoms with Crippen LogP contribution in [0.5, 0.6) is 0 Å². The summed E-state index contributed by atoms with van der Waals surface area (Å²) in [4.78, 5) is 0. The number of nitrogens with one attached hydrogen (secondary N) is 1. The van der Waals surface area contributed by atoms with Crippen LogP contribution in [0.25, 0.3) is 0 Å². The van der Waals surface area contributed by atoms with Gasteiger partial charge in [0, 0.05) is 6.04 Å². The van der Waals surface area contributed by atoms with Gasteiger partial charge in [0.1, 0.15) is 0 Å². The molecule has 0 amide bonds. The van der Waals surface area contributed by atoms with E-state index in [1.165, 1.54) is 45.1 Å². The summed E-state index contributed by atoms with van der Waals surface area (Å²) >= 11 is 0. The molecular weight excluding hydrogens is 206 g/mol. The van der Waals surface area contributed by atoms with Crippen molar-refractivity contribution in [2.75, 3.05) is 6.54 Å². The van der Waals surface area contributed by atoms with Gasteiger partial charge in [-0.05, 0) is 43.1 Å². The molecule has 1 nitrogen and oxygen atoms in total. The minimum absolute atomic E-state index is 0.450. The Balaban J connectivity index is 2.38. The van der Waals surface area contributed by atoms with Crippen molar-refractivity contribution in [3.05, 3.63) is 0 Å². The maximum atomic E-state index is 3.77. The maximum Gasteiger partial charge on any atom is 0.00724 e. The zero-order valence-electron chi connectivity index (χ0n) is 12.7. The van der Waals surface area contributed by atoms with Crippen molar-refractivity contribution in [2.24, 2.45) is 17.3 Å². The van der Waals surface area contributed by atoms with Crippen LogP contribution in [0.2, 0.25) is 0 Å². The highest BCUT2D eigenvalue weighted by molar-refractivity contribution is 4.81. The molecule has 1 heteroatoms. The molecule has 102 valence electrons. The minimum atomic E-state index is 0.450. The third kappa shape index (κ3) is 5.42. The maximum absolute atomic E-state index is 3.77. The predicted octanol–water partition coefficient (Wildman–Crippen LogP) is 4.62. The van der Waals surface area contributed by atoms with E-state index in [0.717, 1.165) is 17.9 Å². The molecule has 0 saturated heterocycles. The van der Waals surface area contributed by atoms with Crippen molar-refractivity contribution in [2.45, 2.75) is 79.2 Å². The molecule has 1 fully saturated rings. The Labute approximate surface area is 109 Å². The lowest BCUT2D eigenvalue weighted by molar-refractivity contribution is 0.190. The van der Waals surface area contributed by atoms with Gasteiger partial charge in [-0.15, -0.1) is 0 Å². The van der Waals surface area contributed by atoms with Crippen LogP contribution in [0.1, 0.15) is 73.1 Å². The molecule has 0 heterocycles. The van der Waals surface area contributed by atoms with Crippen molar-refractivity contribution in [3.63, 3.8) is 0 Å². The first-order chi connectivity index (χ1) is 7.93. The second-order valence-corrected chi connectivity index (χ2v) is 7.19. The summed E-state index contributed by atoms with van der Waals surface area (Å²) in [5.41, 5.74) is 0.450. The molecule has 1 saturated carbocycles. The summed E-state index contributed by atoms with van der Waals surface area (Å²) in [6, 6.07) is 0.759. The van der Waals surface area contributed by atoms with E-state index in [-0.39, 0.29) is 0 Å². The van der Waals surface area contributed by atoms with Crippen molar-refractivity contribution >= 4 is 0 Å². The third-order valence-electron chi connectivity index (χ3n) is 4.64. The lowest BCUT2D eigenvalue weighted by atomic mass is 9.75. The van der Waals surface area contributed by atoms with Crippen LogP contribution in [0.15, 0.2) is 0 Å². The van der Waals surface area contributed by atoms with E-state index >= 15 is 0 Å². The summed E-state index contributed by atoms with van der Waals surface area (Å²) in [7, 11) is 0. The van der Waals surface area contributed by atoms with Gasteiger partial charge in [0.05, 0.1) is 0 Å². The number of hydrogen-bond donors (Lipinski definition) is 1. The first-order valence-electron chi connectivity index (χ1n) is 7.66. The SMILES string of the molecule is CCCNC(CC1CCC1)CC(C)C(C)(C)C. The number of hydrogen-bond acceptors (Lipinski definition) is 1. The van der Waals surface area contributed by atoms with Gasteiger partial charge < -0.3 is 5.32 Å². The van der Waals surface area contributed by atoms with Crippen LogP contribution >= 0.6 is 0 Å². The van der Waals surface area contributed by atoms with Crippen molar-refractivity contribution in [1.82, 2.24) is 5.32 Å². The molecule has 0 aromatic rings. The summed E-state index contributed by atoms with van der Waals surface area (Å²) in [5, 5.41) is 3.77. The topological polar surface area (TPSA) is 12.0 Å². The van der Waals surface area contributed by atoms with Gasteiger partial charge in [0.2, 0.25) is 0 Å². The molecule has 0 aliphatic heterocycles. The Morgan fingerprint density at radius 1 is 1.24 bits per heavy atom. The minimum Gasteiger partial charge on any atom is -0.314 e. The highest BCUT2D eigenvalue weighted by Crippen LogP contribution is 2.34. The average molecular weight is 239 g/mol. The fourth-order valence-electron chi connectivity index (χ4n) is 2.52. The molecule has 17 heavy (non-hydrogen) atoms. The second kappa shape index (κ2) is 6.78. The molecular formula is C16H33N. The Morgan fingerprint density at radius 2 is 1.88 bits per heavy atom. The third-order valence-corrected chi connectivity index (χ3v) is 4.64. The summed E-state index contributed by atoms with van der Waals surface area (Å²) < 4.78 is 0. The first kappa shape index (κ1) is 15.0. The fraction of sp³-hybridized carbons (Fsp3) is 1.00. The van der Waals surface area contributed by atoms with Crippen LogP contribution in [0, 0.1) is 17.3 Å². The molecule has 1 rings (SSSR count). The van der Waals surface area contributed by atoms with Gasteiger partial charge in [0.15, 0.2) is 0 Å². The summed E-state index contributed by atoms with van der Waals surface area (Å²) in [5.74, 6) is 1.83. The Bertz CT molecular complexity index is 200. The fourth-order valence-corrected chi connectivity index (χ4v) is 2.52. The lowest BCUT2D eigenvalue weighted by Gasteiger charge is -2.35. The predicted molar refractivity (Wildman–Crippen MR) is 77.3 cm³/mol. The second-order valence-electron chi connectivity index (χ2n) is 7.19. The average Bonchev–Trinajstić information content (AvgIpc) is 2.17. The molecule has 1 N–H and O–H groups in total. The van der Waals surface area contributed by atoms with Gasteiger partial charge in [-0.3, -0.25) is 0 Å². The number of rotatable bonds is 7. The quantitative estimate of drug-likeness (QED) is 0.683. The normalized spacial score (nSPS) is 21.0. The molecule has 0 aromatic carbocycles. The molecule has 0 aromatic heterocycles.